The van der Waals surface area contributed by atoms with Crippen molar-refractivity contribution >= 4 is 0 Å². The Morgan fingerprint density at radius 3 is 2.58 bits per heavy atom. The highest BCUT2D eigenvalue weighted by atomic mass is 16.5. The van der Waals surface area contributed by atoms with E-state index in [1.165, 1.54) is 5.56 Å². The molecule has 3 N–H and O–H groups in total. The minimum Gasteiger partial charge on any atom is -0.381 e. The molecule has 1 aliphatic rings. The van der Waals surface area contributed by atoms with Crippen LogP contribution in [0.2, 0.25) is 0 Å². The minimum absolute atomic E-state index is 0.0626. The van der Waals surface area contributed by atoms with Crippen LogP contribution in [-0.4, -0.2) is 23.2 Å². The molecule has 0 spiro atoms. The van der Waals surface area contributed by atoms with E-state index in [4.69, 9.17) is 10.5 Å². The first-order valence-electron chi connectivity index (χ1n) is 6.73. The van der Waals surface area contributed by atoms with Gasteiger partial charge in [0.25, 0.3) is 0 Å². The SMILES string of the molecule is NCc1cnc(C2(c3ccccc3)CCOCC2)[nH]1. The van der Waals surface area contributed by atoms with Gasteiger partial charge in [-0.3, -0.25) is 0 Å². The predicted molar refractivity (Wildman–Crippen MR) is 73.8 cm³/mol. The molecule has 0 atom stereocenters. The third-order valence-electron chi connectivity index (χ3n) is 3.97. The maximum absolute atomic E-state index is 5.68. The molecule has 0 bridgehead atoms. The summed E-state index contributed by atoms with van der Waals surface area (Å²) in [5.74, 6) is 1.02. The van der Waals surface area contributed by atoms with Gasteiger partial charge in [0, 0.05) is 31.6 Å². The molecule has 1 aromatic heterocycles. The van der Waals surface area contributed by atoms with Crippen LogP contribution in [0.3, 0.4) is 0 Å². The highest BCUT2D eigenvalue weighted by molar-refractivity contribution is 5.34. The molecule has 1 aliphatic heterocycles. The van der Waals surface area contributed by atoms with Gasteiger partial charge in [-0.05, 0) is 18.4 Å². The van der Waals surface area contributed by atoms with Crippen LogP contribution < -0.4 is 5.73 Å². The number of H-pyrrole nitrogens is 1. The first-order chi connectivity index (χ1) is 9.35. The molecule has 0 aliphatic carbocycles. The lowest BCUT2D eigenvalue weighted by atomic mass is 9.73. The second-order valence-corrected chi connectivity index (χ2v) is 5.02. The van der Waals surface area contributed by atoms with Crippen molar-refractivity contribution in [3.63, 3.8) is 0 Å². The molecule has 1 fully saturated rings. The number of aromatic nitrogens is 2. The number of nitrogens with two attached hydrogens (primary N) is 1. The zero-order valence-corrected chi connectivity index (χ0v) is 10.9. The summed E-state index contributed by atoms with van der Waals surface area (Å²) in [6.45, 7) is 2.04. The summed E-state index contributed by atoms with van der Waals surface area (Å²) in [4.78, 5) is 7.95. The van der Waals surface area contributed by atoms with Crippen LogP contribution in [0.5, 0.6) is 0 Å². The Hall–Kier alpha value is -1.65. The average molecular weight is 257 g/mol. The van der Waals surface area contributed by atoms with E-state index in [0.29, 0.717) is 6.54 Å². The molecule has 2 aromatic rings. The maximum Gasteiger partial charge on any atom is 0.117 e. The zero-order chi connectivity index (χ0) is 13.1. The van der Waals surface area contributed by atoms with E-state index in [-0.39, 0.29) is 5.41 Å². The summed E-state index contributed by atoms with van der Waals surface area (Å²) < 4.78 is 5.53. The Labute approximate surface area is 113 Å². The van der Waals surface area contributed by atoms with Gasteiger partial charge in [-0.25, -0.2) is 4.98 Å². The van der Waals surface area contributed by atoms with Crippen LogP contribution >= 0.6 is 0 Å². The number of hydrogen-bond donors (Lipinski definition) is 2. The lowest BCUT2D eigenvalue weighted by molar-refractivity contribution is 0.0607. The van der Waals surface area contributed by atoms with Gasteiger partial charge in [-0.15, -0.1) is 0 Å². The van der Waals surface area contributed by atoms with Crippen LogP contribution in [0.25, 0.3) is 0 Å². The van der Waals surface area contributed by atoms with Crippen LogP contribution in [0.15, 0.2) is 36.5 Å². The number of rotatable bonds is 3. The van der Waals surface area contributed by atoms with Crippen molar-refractivity contribution < 1.29 is 4.74 Å². The Morgan fingerprint density at radius 2 is 1.95 bits per heavy atom. The number of ether oxygens (including phenoxy) is 1. The molecule has 0 unspecified atom stereocenters. The Balaban J connectivity index is 2.06. The van der Waals surface area contributed by atoms with E-state index in [2.05, 4.69) is 34.2 Å². The molecule has 1 aromatic carbocycles. The van der Waals surface area contributed by atoms with Gasteiger partial charge in [0.1, 0.15) is 5.82 Å². The molecule has 3 rings (SSSR count). The smallest absolute Gasteiger partial charge is 0.117 e. The third kappa shape index (κ3) is 2.17. The van der Waals surface area contributed by atoms with Crippen molar-refractivity contribution in [3.8, 4) is 0 Å². The Kier molecular flexibility index (Phi) is 3.36. The van der Waals surface area contributed by atoms with E-state index >= 15 is 0 Å². The predicted octanol–water partition coefficient (Wildman–Crippen LogP) is 1.96. The van der Waals surface area contributed by atoms with E-state index < -0.39 is 0 Å². The molecule has 1 saturated heterocycles. The first-order valence-corrected chi connectivity index (χ1v) is 6.73. The zero-order valence-electron chi connectivity index (χ0n) is 10.9. The average Bonchev–Trinajstić information content (AvgIpc) is 2.98. The number of imidazole rings is 1. The van der Waals surface area contributed by atoms with Crippen LogP contribution in [0, 0.1) is 0 Å². The normalized spacial score (nSPS) is 18.4. The third-order valence-corrected chi connectivity index (χ3v) is 3.97. The lowest BCUT2D eigenvalue weighted by Gasteiger charge is -2.36. The summed E-state index contributed by atoms with van der Waals surface area (Å²) in [5, 5.41) is 0. The second kappa shape index (κ2) is 5.15. The fourth-order valence-electron chi connectivity index (χ4n) is 2.85. The summed E-state index contributed by atoms with van der Waals surface area (Å²) in [7, 11) is 0. The van der Waals surface area contributed by atoms with Crippen molar-refractivity contribution in [2.45, 2.75) is 24.8 Å². The standard InChI is InChI=1S/C15H19N3O/c16-10-13-11-17-14(18-13)15(6-8-19-9-7-15)12-4-2-1-3-5-12/h1-5,11H,6-10,16H2,(H,17,18). The van der Waals surface area contributed by atoms with Crippen molar-refractivity contribution in [3.05, 3.63) is 53.6 Å². The van der Waals surface area contributed by atoms with E-state index in [9.17, 15) is 0 Å². The maximum atomic E-state index is 5.68. The lowest BCUT2D eigenvalue weighted by Crippen LogP contribution is -2.36. The van der Waals surface area contributed by atoms with Gasteiger partial charge in [0.15, 0.2) is 0 Å². The van der Waals surface area contributed by atoms with E-state index in [0.717, 1.165) is 37.6 Å². The van der Waals surface area contributed by atoms with Crippen molar-refractivity contribution in [1.82, 2.24) is 9.97 Å². The number of nitrogens with one attached hydrogen (secondary N) is 1. The van der Waals surface area contributed by atoms with Gasteiger partial charge in [0.05, 0.1) is 5.41 Å². The number of aromatic amines is 1. The summed E-state index contributed by atoms with van der Waals surface area (Å²) in [6, 6.07) is 10.6. The summed E-state index contributed by atoms with van der Waals surface area (Å²) >= 11 is 0. The van der Waals surface area contributed by atoms with E-state index in [1.54, 1.807) is 0 Å². The second-order valence-electron chi connectivity index (χ2n) is 5.02. The number of benzene rings is 1. The molecule has 19 heavy (non-hydrogen) atoms. The molecule has 4 nitrogen and oxygen atoms in total. The fraction of sp³-hybridized carbons (Fsp3) is 0.400. The van der Waals surface area contributed by atoms with E-state index in [1.807, 2.05) is 12.3 Å². The van der Waals surface area contributed by atoms with Crippen LogP contribution in [-0.2, 0) is 16.7 Å². The highest BCUT2D eigenvalue weighted by Gasteiger charge is 2.38. The summed E-state index contributed by atoms with van der Waals surface area (Å²) in [6.07, 6.45) is 3.75. The van der Waals surface area contributed by atoms with Crippen molar-refractivity contribution in [2.75, 3.05) is 13.2 Å². The van der Waals surface area contributed by atoms with Crippen molar-refractivity contribution in [2.24, 2.45) is 5.73 Å². The van der Waals surface area contributed by atoms with Crippen LogP contribution in [0.1, 0.15) is 29.9 Å². The number of hydrogen-bond acceptors (Lipinski definition) is 3. The molecular weight excluding hydrogens is 238 g/mol. The topological polar surface area (TPSA) is 63.9 Å². The molecule has 0 amide bonds. The Morgan fingerprint density at radius 1 is 1.21 bits per heavy atom. The molecule has 2 heterocycles. The quantitative estimate of drug-likeness (QED) is 0.883. The fourth-order valence-corrected chi connectivity index (χ4v) is 2.85. The molecule has 0 saturated carbocycles. The molecule has 0 radical (unpaired) electrons. The van der Waals surface area contributed by atoms with Crippen LogP contribution in [0.4, 0.5) is 0 Å². The largest absolute Gasteiger partial charge is 0.381 e. The van der Waals surface area contributed by atoms with Gasteiger partial charge in [-0.2, -0.15) is 0 Å². The molecular formula is C15H19N3O. The summed E-state index contributed by atoms with van der Waals surface area (Å²) in [5.41, 5.74) is 7.90. The molecule has 100 valence electrons. The highest BCUT2D eigenvalue weighted by Crippen LogP contribution is 2.39. The number of nitrogens with zero attached hydrogens (tertiary/aromatic N) is 1. The van der Waals surface area contributed by atoms with Gasteiger partial charge >= 0.3 is 0 Å². The first kappa shape index (κ1) is 12.4. The minimum atomic E-state index is -0.0626. The van der Waals surface area contributed by atoms with Crippen molar-refractivity contribution in [1.29, 1.82) is 0 Å². The monoisotopic (exact) mass is 257 g/mol. The molecule has 4 heteroatoms. The van der Waals surface area contributed by atoms with Gasteiger partial charge in [0.2, 0.25) is 0 Å². The Bertz CT molecular complexity index is 529. The van der Waals surface area contributed by atoms with Gasteiger partial charge in [-0.1, -0.05) is 30.3 Å². The van der Waals surface area contributed by atoms with Gasteiger partial charge < -0.3 is 15.5 Å².